The van der Waals surface area contributed by atoms with Crippen LogP contribution in [0.4, 0.5) is 24.5 Å². The van der Waals surface area contributed by atoms with Crippen LogP contribution in [0.2, 0.25) is 5.15 Å². The second-order valence-corrected chi connectivity index (χ2v) is 14.3. The van der Waals surface area contributed by atoms with Gasteiger partial charge >= 0.3 is 6.18 Å². The van der Waals surface area contributed by atoms with Crippen LogP contribution in [0.25, 0.3) is 11.4 Å². The van der Waals surface area contributed by atoms with Crippen molar-refractivity contribution in [1.82, 2.24) is 39.0 Å². The van der Waals surface area contributed by atoms with Crippen molar-refractivity contribution in [3.8, 4) is 5.75 Å². The summed E-state index contributed by atoms with van der Waals surface area (Å²) in [5.41, 5.74) is 1.49. The maximum atomic E-state index is 14.5. The number of fused-ring (bicyclic) bond motifs is 3. The molecule has 0 bridgehead atoms. The molecule has 3 aliphatic heterocycles. The van der Waals surface area contributed by atoms with Gasteiger partial charge in [0.2, 0.25) is 11.7 Å². The zero-order chi connectivity index (χ0) is 40.0. The summed E-state index contributed by atoms with van der Waals surface area (Å²) in [6.07, 6.45) is -0.801. The Morgan fingerprint density at radius 2 is 1.82 bits per heavy atom. The summed E-state index contributed by atoms with van der Waals surface area (Å²) in [5.74, 6) is -0.521. The largest absolute Gasteiger partial charge is 0.485 e. The Hall–Kier alpha value is -5.88. The number of hydrogen-bond donors (Lipinski definition) is 1. The van der Waals surface area contributed by atoms with Crippen molar-refractivity contribution in [3.63, 3.8) is 0 Å². The number of nitrogens with zero attached hydrogens (tertiary/aromatic N) is 9. The van der Waals surface area contributed by atoms with Gasteiger partial charge in [-0.15, -0.1) is 5.10 Å². The molecule has 0 spiro atoms. The number of carbonyl (C=O) groups is 2. The van der Waals surface area contributed by atoms with E-state index >= 15 is 0 Å². The fraction of sp³-hybridized carbons (Fsp3) is 0.368. The average molecular weight is 805 g/mol. The lowest BCUT2D eigenvalue weighted by Gasteiger charge is -2.36. The van der Waals surface area contributed by atoms with Gasteiger partial charge in [0, 0.05) is 32.1 Å². The molecule has 57 heavy (non-hydrogen) atoms. The van der Waals surface area contributed by atoms with Gasteiger partial charge < -0.3 is 24.6 Å². The molecular formula is C38H36ClF3N10O5. The fourth-order valence-electron chi connectivity index (χ4n) is 7.45. The molecule has 2 atom stereocenters. The molecule has 0 aliphatic carbocycles. The number of amides is 2. The topological polar surface area (TPSA) is 162 Å². The highest BCUT2D eigenvalue weighted by atomic mass is 35.5. The van der Waals surface area contributed by atoms with E-state index in [2.05, 4.69) is 25.4 Å². The molecule has 4 aromatic heterocycles. The Morgan fingerprint density at radius 1 is 1.05 bits per heavy atom. The lowest BCUT2D eigenvalue weighted by Crippen LogP contribution is -2.51. The summed E-state index contributed by atoms with van der Waals surface area (Å²) in [6.45, 7) is 5.68. The van der Waals surface area contributed by atoms with Gasteiger partial charge in [0.1, 0.15) is 30.4 Å². The quantitative estimate of drug-likeness (QED) is 0.208. The highest BCUT2D eigenvalue weighted by Crippen LogP contribution is 2.42. The summed E-state index contributed by atoms with van der Waals surface area (Å²) in [7, 11) is 0. The molecule has 1 aromatic carbocycles. The molecule has 2 amide bonds. The number of anilines is 2. The van der Waals surface area contributed by atoms with Gasteiger partial charge in [-0.1, -0.05) is 54.9 Å². The third-order valence-electron chi connectivity index (χ3n) is 10.3. The summed E-state index contributed by atoms with van der Waals surface area (Å²) in [5, 5.41) is 6.73. The SMILES string of the molecule is Cc1ncnc(C(=O)N2CCN(c3c4n(c5nc(C6=CCOCC6)nn5c3=O)[C@H](C(=O)Nc3ccc(C(F)(F)F)nc3Cl)C[C@@H]4C)CC2)c1OCc1ccccc1. The number of aryl methyl sites for hydroxylation is 1. The zero-order valence-electron chi connectivity index (χ0n) is 30.8. The third kappa shape index (κ3) is 7.30. The first-order chi connectivity index (χ1) is 27.4. The second kappa shape index (κ2) is 15.2. The predicted octanol–water partition coefficient (Wildman–Crippen LogP) is 5.09. The number of hydrogen-bond acceptors (Lipinski definition) is 11. The summed E-state index contributed by atoms with van der Waals surface area (Å²) < 4.78 is 54.2. The monoisotopic (exact) mass is 804 g/mol. The predicted molar refractivity (Wildman–Crippen MR) is 201 cm³/mol. The summed E-state index contributed by atoms with van der Waals surface area (Å²) in [6, 6.07) is 10.4. The van der Waals surface area contributed by atoms with E-state index in [1.807, 2.05) is 48.2 Å². The Morgan fingerprint density at radius 3 is 2.53 bits per heavy atom. The van der Waals surface area contributed by atoms with Crippen LogP contribution in [0, 0.1) is 6.92 Å². The minimum absolute atomic E-state index is 0.101. The molecule has 1 N–H and O–H groups in total. The number of ether oxygens (including phenoxy) is 2. The van der Waals surface area contributed by atoms with Crippen molar-refractivity contribution in [2.75, 3.05) is 49.6 Å². The van der Waals surface area contributed by atoms with E-state index in [0.29, 0.717) is 48.3 Å². The van der Waals surface area contributed by atoms with Gasteiger partial charge in [0.25, 0.3) is 11.5 Å². The van der Waals surface area contributed by atoms with E-state index in [1.165, 1.54) is 10.8 Å². The molecule has 1 fully saturated rings. The van der Waals surface area contributed by atoms with Crippen LogP contribution >= 0.6 is 11.6 Å². The number of piperazine rings is 1. The van der Waals surface area contributed by atoms with E-state index in [4.69, 9.17) is 26.1 Å². The molecule has 3 aliphatic rings. The zero-order valence-corrected chi connectivity index (χ0v) is 31.5. The number of alkyl halides is 3. The Bertz CT molecular complexity index is 2470. The van der Waals surface area contributed by atoms with Crippen LogP contribution in [-0.2, 0) is 22.3 Å². The van der Waals surface area contributed by atoms with E-state index in [-0.39, 0.29) is 68.2 Å². The standard InChI is InChI=1S/C38H36ClF3N10O5/c1-21-18-26(34(53)45-25-8-9-27(38(40,41)42)46-32(25)39)51-29(21)30(36(55)52-37(51)47-33(48-52)24-10-16-56-17-11-24)49-12-14-50(15-13-49)35(54)28-31(22(2)43-20-44-28)57-19-23-6-4-3-5-7-23/h3-10,20-21,26H,11-19H2,1-2H3,(H,45,53)/t21-,26-/m0/s1. The van der Waals surface area contributed by atoms with Crippen LogP contribution in [0.3, 0.4) is 0 Å². The molecule has 5 aromatic rings. The molecule has 8 rings (SSSR count). The Balaban J connectivity index is 1.11. The number of halogens is 4. The normalized spacial score (nSPS) is 18.4. The van der Waals surface area contributed by atoms with Crippen molar-refractivity contribution in [2.24, 2.45) is 0 Å². The molecule has 296 valence electrons. The number of nitrogens with one attached hydrogen (secondary N) is 1. The summed E-state index contributed by atoms with van der Waals surface area (Å²) in [4.78, 5) is 62.7. The lowest BCUT2D eigenvalue weighted by atomic mass is 10.0. The smallest absolute Gasteiger partial charge is 0.433 e. The van der Waals surface area contributed by atoms with E-state index in [9.17, 15) is 27.6 Å². The van der Waals surface area contributed by atoms with Gasteiger partial charge in [-0.2, -0.15) is 22.7 Å². The van der Waals surface area contributed by atoms with Crippen LogP contribution < -0.4 is 20.5 Å². The first kappa shape index (κ1) is 38.0. The molecule has 15 nitrogen and oxygen atoms in total. The van der Waals surface area contributed by atoms with E-state index in [1.54, 1.807) is 16.4 Å². The first-order valence-electron chi connectivity index (χ1n) is 18.3. The molecule has 1 saturated heterocycles. The number of carbonyl (C=O) groups excluding carboxylic acids is 2. The number of benzene rings is 1. The highest BCUT2D eigenvalue weighted by Gasteiger charge is 2.41. The molecule has 0 unspecified atom stereocenters. The number of aromatic nitrogens is 7. The maximum Gasteiger partial charge on any atom is 0.433 e. The van der Waals surface area contributed by atoms with Gasteiger partial charge in [-0.05, 0) is 43.0 Å². The minimum atomic E-state index is -4.72. The minimum Gasteiger partial charge on any atom is -0.485 e. The third-order valence-corrected chi connectivity index (χ3v) is 10.6. The van der Waals surface area contributed by atoms with Crippen LogP contribution in [0.1, 0.15) is 70.7 Å². The van der Waals surface area contributed by atoms with Gasteiger partial charge in [-0.3, -0.25) is 19.0 Å². The molecule has 0 saturated carbocycles. The van der Waals surface area contributed by atoms with E-state index in [0.717, 1.165) is 23.3 Å². The van der Waals surface area contributed by atoms with Crippen molar-refractivity contribution < 1.29 is 32.2 Å². The van der Waals surface area contributed by atoms with Crippen molar-refractivity contribution in [3.05, 3.63) is 105 Å². The second-order valence-electron chi connectivity index (χ2n) is 14.0. The van der Waals surface area contributed by atoms with E-state index < -0.39 is 34.5 Å². The fourth-order valence-corrected chi connectivity index (χ4v) is 7.65. The van der Waals surface area contributed by atoms with Gasteiger partial charge in [0.05, 0.1) is 30.3 Å². The van der Waals surface area contributed by atoms with Gasteiger partial charge in [0.15, 0.2) is 22.4 Å². The maximum absolute atomic E-state index is 14.5. The number of rotatable bonds is 8. The molecule has 0 radical (unpaired) electrons. The van der Waals surface area contributed by atoms with Crippen molar-refractivity contribution in [2.45, 2.75) is 51.4 Å². The molecule has 7 heterocycles. The van der Waals surface area contributed by atoms with Crippen LogP contribution in [-0.4, -0.2) is 90.2 Å². The van der Waals surface area contributed by atoms with Gasteiger partial charge in [-0.25, -0.2) is 15.0 Å². The Labute approximate surface area is 328 Å². The van der Waals surface area contributed by atoms with Crippen molar-refractivity contribution in [1.29, 1.82) is 0 Å². The van der Waals surface area contributed by atoms with Crippen LogP contribution in [0.15, 0.2) is 59.7 Å². The average Bonchev–Trinajstić information content (AvgIpc) is 3.81. The lowest BCUT2D eigenvalue weighted by molar-refractivity contribution is -0.141. The first-order valence-corrected chi connectivity index (χ1v) is 18.7. The van der Waals surface area contributed by atoms with Crippen molar-refractivity contribution >= 4 is 46.1 Å². The summed E-state index contributed by atoms with van der Waals surface area (Å²) >= 11 is 6.11. The number of pyridine rings is 1. The highest BCUT2D eigenvalue weighted by molar-refractivity contribution is 6.32. The Kier molecular flexibility index (Phi) is 10.2. The molecular weight excluding hydrogens is 769 g/mol. The van der Waals surface area contributed by atoms with Crippen LogP contribution in [0.5, 0.6) is 5.75 Å². The molecule has 19 heteroatoms.